The van der Waals surface area contributed by atoms with Gasteiger partial charge in [-0.15, -0.1) is 0 Å². The van der Waals surface area contributed by atoms with E-state index in [4.69, 9.17) is 16.4 Å². The fourth-order valence-corrected chi connectivity index (χ4v) is 2.80. The van der Waals surface area contributed by atoms with Gasteiger partial charge in [0.15, 0.2) is 0 Å². The van der Waals surface area contributed by atoms with E-state index in [2.05, 4.69) is 16.5 Å². The van der Waals surface area contributed by atoms with Crippen LogP contribution in [0.4, 0.5) is 0 Å². The lowest BCUT2D eigenvalue weighted by Crippen LogP contribution is -2.34. The highest BCUT2D eigenvalue weighted by atomic mass is 35.5. The molecule has 0 amide bonds. The summed E-state index contributed by atoms with van der Waals surface area (Å²) >= 11 is 6.05. The number of nitrogens with one attached hydrogen (secondary N) is 1. The Morgan fingerprint density at radius 3 is 2.88 bits per heavy atom. The predicted octanol–water partition coefficient (Wildman–Crippen LogP) is 4.03. The van der Waals surface area contributed by atoms with Gasteiger partial charge in [0, 0.05) is 17.6 Å². The highest BCUT2D eigenvalue weighted by Crippen LogP contribution is 2.24. The molecule has 0 aromatic heterocycles. The minimum atomic E-state index is -0.555. The molecule has 1 saturated carbocycles. The summed E-state index contributed by atoms with van der Waals surface area (Å²) in [5, 5.41) is 18.1. The van der Waals surface area contributed by atoms with Crippen molar-refractivity contribution in [1.82, 2.24) is 5.32 Å². The maximum atomic E-state index is 9.87. The van der Waals surface area contributed by atoms with Crippen LogP contribution in [-0.2, 0) is 4.84 Å². The van der Waals surface area contributed by atoms with E-state index < -0.39 is 6.10 Å². The van der Waals surface area contributed by atoms with E-state index >= 15 is 0 Å². The lowest BCUT2D eigenvalue weighted by Gasteiger charge is -2.17. The quantitative estimate of drug-likeness (QED) is 0.730. The smallest absolute Gasteiger partial charge is 0.144 e. The number of oxime groups is 1. The van der Waals surface area contributed by atoms with Crippen LogP contribution in [0.5, 0.6) is 0 Å². The monoisotopic (exact) mass is 350 g/mol. The van der Waals surface area contributed by atoms with E-state index in [1.54, 1.807) is 0 Å². The van der Waals surface area contributed by atoms with Gasteiger partial charge >= 0.3 is 0 Å². The fraction of sp³-hybridized carbons (Fsp3) is 0.526. The van der Waals surface area contributed by atoms with E-state index in [1.165, 1.54) is 5.57 Å². The number of nitrogens with zero attached hydrogens (tertiary/aromatic N) is 1. The molecule has 1 atom stereocenters. The summed E-state index contributed by atoms with van der Waals surface area (Å²) in [6.45, 7) is 4.80. The van der Waals surface area contributed by atoms with Crippen LogP contribution in [0, 0.1) is 0 Å². The number of hydrogen-bond donors (Lipinski definition) is 2. The zero-order chi connectivity index (χ0) is 17.4. The molecule has 0 unspecified atom stereocenters. The fourth-order valence-electron chi connectivity index (χ4n) is 2.60. The third-order valence-electron chi connectivity index (χ3n) is 3.87. The number of benzene rings is 1. The maximum Gasteiger partial charge on any atom is 0.144 e. The molecule has 1 aromatic rings. The molecule has 132 valence electrons. The maximum absolute atomic E-state index is 9.87. The van der Waals surface area contributed by atoms with Crippen LogP contribution < -0.4 is 5.32 Å². The average Bonchev–Trinajstić information content (AvgIpc) is 2.54. The zero-order valence-corrected chi connectivity index (χ0v) is 15.2. The van der Waals surface area contributed by atoms with E-state index in [-0.39, 0.29) is 6.61 Å². The van der Waals surface area contributed by atoms with Gasteiger partial charge in [-0.25, -0.2) is 0 Å². The highest BCUT2D eigenvalue weighted by molar-refractivity contribution is 6.30. The lowest BCUT2D eigenvalue weighted by molar-refractivity contribution is 0.0391. The molecule has 0 heterocycles. The Balaban J connectivity index is 1.96. The topological polar surface area (TPSA) is 53.8 Å². The standard InChI is InChI=1S/C19H27ClN2O2/c1-14(2)21-12-18(23)13-24-22-19-9-4-3-7-16(19)10-15-6-5-8-17(20)11-15/h5-6,8,10-11,14,18,21,23H,3-4,7,9,12-13H2,1-2H3/b16-10+,22-19+/t18-/m1/s1. The van der Waals surface area contributed by atoms with E-state index in [0.717, 1.165) is 42.0 Å². The van der Waals surface area contributed by atoms with Gasteiger partial charge in [0.25, 0.3) is 0 Å². The number of aliphatic hydroxyl groups excluding tert-OH is 1. The van der Waals surface area contributed by atoms with Gasteiger partial charge in [0.2, 0.25) is 0 Å². The Labute approximate surface area is 149 Å². The third-order valence-corrected chi connectivity index (χ3v) is 4.11. The Hall–Kier alpha value is -1.36. The SMILES string of the molecule is CC(C)NC[C@@H](O)CO/N=C1\CCCC\C1=C/c1cccc(Cl)c1. The van der Waals surface area contributed by atoms with Gasteiger partial charge in [-0.1, -0.05) is 42.7 Å². The molecular weight excluding hydrogens is 324 g/mol. The van der Waals surface area contributed by atoms with Crippen LogP contribution in [0.15, 0.2) is 35.0 Å². The Kier molecular flexibility index (Phi) is 7.76. The van der Waals surface area contributed by atoms with Crippen molar-refractivity contribution in [1.29, 1.82) is 0 Å². The summed E-state index contributed by atoms with van der Waals surface area (Å²) < 4.78 is 0. The van der Waals surface area contributed by atoms with Crippen molar-refractivity contribution in [2.24, 2.45) is 5.16 Å². The normalized spacial score (nSPS) is 19.9. The molecular formula is C19H27ClN2O2. The van der Waals surface area contributed by atoms with Crippen molar-refractivity contribution in [3.8, 4) is 0 Å². The third kappa shape index (κ3) is 6.63. The van der Waals surface area contributed by atoms with Gasteiger partial charge in [0.1, 0.15) is 12.7 Å². The first-order valence-corrected chi connectivity index (χ1v) is 8.99. The Morgan fingerprint density at radius 2 is 2.12 bits per heavy atom. The first kappa shape index (κ1) is 19.0. The van der Waals surface area contributed by atoms with Gasteiger partial charge < -0.3 is 15.3 Å². The second-order valence-corrected chi connectivity index (χ2v) is 6.92. The number of rotatable bonds is 7. The second kappa shape index (κ2) is 9.82. The molecule has 0 bridgehead atoms. The zero-order valence-electron chi connectivity index (χ0n) is 14.5. The molecule has 0 aliphatic heterocycles. The average molecular weight is 351 g/mol. The first-order chi connectivity index (χ1) is 11.5. The molecule has 24 heavy (non-hydrogen) atoms. The molecule has 0 saturated heterocycles. The summed E-state index contributed by atoms with van der Waals surface area (Å²) in [7, 11) is 0. The van der Waals surface area contributed by atoms with Gasteiger partial charge in [-0.3, -0.25) is 0 Å². The number of allylic oxidation sites excluding steroid dienone is 1. The van der Waals surface area contributed by atoms with Crippen molar-refractivity contribution < 1.29 is 9.94 Å². The summed E-state index contributed by atoms with van der Waals surface area (Å²) in [6, 6.07) is 8.14. The Bertz CT molecular complexity index is 584. The second-order valence-electron chi connectivity index (χ2n) is 6.48. The summed E-state index contributed by atoms with van der Waals surface area (Å²) in [6.07, 6.45) is 5.75. The molecule has 4 nitrogen and oxygen atoms in total. The molecule has 1 aliphatic carbocycles. The molecule has 0 radical (unpaired) electrons. The van der Waals surface area contributed by atoms with Gasteiger partial charge in [0.05, 0.1) is 5.71 Å². The molecule has 2 N–H and O–H groups in total. The van der Waals surface area contributed by atoms with Crippen LogP contribution in [0.2, 0.25) is 5.02 Å². The van der Waals surface area contributed by atoms with E-state index in [0.29, 0.717) is 12.6 Å². The largest absolute Gasteiger partial charge is 0.393 e. The summed E-state index contributed by atoms with van der Waals surface area (Å²) in [4.78, 5) is 5.39. The van der Waals surface area contributed by atoms with Crippen LogP contribution in [0.25, 0.3) is 6.08 Å². The van der Waals surface area contributed by atoms with Crippen molar-refractivity contribution in [3.05, 3.63) is 40.4 Å². The lowest BCUT2D eigenvalue weighted by atomic mass is 9.91. The summed E-state index contributed by atoms with van der Waals surface area (Å²) in [5.41, 5.74) is 3.25. The molecule has 1 aliphatic rings. The van der Waals surface area contributed by atoms with Crippen molar-refractivity contribution in [2.75, 3.05) is 13.2 Å². The van der Waals surface area contributed by atoms with Gasteiger partial charge in [-0.2, -0.15) is 0 Å². The van der Waals surface area contributed by atoms with E-state index in [9.17, 15) is 5.11 Å². The Morgan fingerprint density at radius 1 is 1.33 bits per heavy atom. The van der Waals surface area contributed by atoms with Crippen molar-refractivity contribution in [2.45, 2.75) is 51.7 Å². The minimum Gasteiger partial charge on any atom is -0.393 e. The molecule has 1 aromatic carbocycles. The summed E-state index contributed by atoms with van der Waals surface area (Å²) in [5.74, 6) is 0. The van der Waals surface area contributed by atoms with E-state index in [1.807, 2.05) is 38.1 Å². The number of hydrogen-bond acceptors (Lipinski definition) is 4. The number of aliphatic hydroxyl groups is 1. The predicted molar refractivity (Wildman–Crippen MR) is 100 cm³/mol. The van der Waals surface area contributed by atoms with Crippen molar-refractivity contribution >= 4 is 23.4 Å². The molecule has 2 rings (SSSR count). The van der Waals surface area contributed by atoms with Crippen LogP contribution in [0.3, 0.4) is 0 Å². The highest BCUT2D eigenvalue weighted by Gasteiger charge is 2.15. The van der Waals surface area contributed by atoms with Crippen LogP contribution >= 0.6 is 11.6 Å². The van der Waals surface area contributed by atoms with Crippen molar-refractivity contribution in [3.63, 3.8) is 0 Å². The van der Waals surface area contributed by atoms with Gasteiger partial charge in [-0.05, 0) is 55.0 Å². The minimum absolute atomic E-state index is 0.202. The molecule has 5 heteroatoms. The number of halogens is 1. The molecule has 1 fully saturated rings. The first-order valence-electron chi connectivity index (χ1n) is 8.61. The molecule has 0 spiro atoms. The van der Waals surface area contributed by atoms with Crippen LogP contribution in [0.1, 0.15) is 45.1 Å². The van der Waals surface area contributed by atoms with Crippen LogP contribution in [-0.4, -0.2) is 36.1 Å².